The highest BCUT2D eigenvalue weighted by molar-refractivity contribution is 6.91. The molecule has 7 nitrogen and oxygen atoms in total. The molecular formula is C30H65NO6Si4. The largest absolute Gasteiger partial charge is 0.433 e. The lowest BCUT2D eigenvalue weighted by Crippen LogP contribution is -2.57. The minimum atomic E-state index is -2.57. The van der Waals surface area contributed by atoms with Crippen molar-refractivity contribution < 1.29 is 26.6 Å². The van der Waals surface area contributed by atoms with Crippen LogP contribution in [0.4, 0.5) is 0 Å². The highest BCUT2D eigenvalue weighted by Gasteiger charge is 2.44. The summed E-state index contributed by atoms with van der Waals surface area (Å²) < 4.78 is 31.0. The summed E-state index contributed by atoms with van der Waals surface area (Å²) in [6.45, 7) is 27.3. The first-order chi connectivity index (χ1) is 19.2. The second kappa shape index (κ2) is 22.2. The number of ether oxygens (including phenoxy) is 2. The van der Waals surface area contributed by atoms with Crippen LogP contribution in [0.25, 0.3) is 0 Å². The zero-order chi connectivity index (χ0) is 31.3. The Bertz CT molecular complexity index is 723. The molecule has 41 heavy (non-hydrogen) atoms. The van der Waals surface area contributed by atoms with Gasteiger partial charge in [0.15, 0.2) is 16.6 Å². The molecule has 0 aliphatic rings. The van der Waals surface area contributed by atoms with E-state index in [4.69, 9.17) is 21.8 Å². The van der Waals surface area contributed by atoms with Gasteiger partial charge in [0.05, 0.1) is 13.2 Å². The standard InChI is InChI=1S/C30H65NO6Si4/c1-11-14-15-16-17-18-19-20-21-22-25-33-26-27-34-29-30(32)31-24-23-28-41(10,36-39(6,7)13-3)37-40(8,9)35-38(4,5)12-2/h12-13H,2-3,11,14-29H2,1,4-10H3,(H,31,32). The Balaban J connectivity index is 4.16. The SMILES string of the molecule is C=C[Si](C)(C)O[Si](C)(C)O[Si](C)(CCCNC(=O)COCCOCCCCCCCCCCCC)O[Si](C)(C)C=C. The first-order valence-electron chi connectivity index (χ1n) is 16.0. The number of rotatable bonds is 28. The van der Waals surface area contributed by atoms with Gasteiger partial charge in [0, 0.05) is 13.2 Å². The third kappa shape index (κ3) is 23.7. The quantitative estimate of drug-likeness (QED) is 0.0683. The van der Waals surface area contributed by atoms with Crippen LogP contribution in [0.3, 0.4) is 0 Å². The summed E-state index contributed by atoms with van der Waals surface area (Å²) >= 11 is 0. The summed E-state index contributed by atoms with van der Waals surface area (Å²) in [6, 6.07) is 0.765. The van der Waals surface area contributed by atoms with Gasteiger partial charge < -0.3 is 27.1 Å². The minimum Gasteiger partial charge on any atom is -0.433 e. The molecule has 0 heterocycles. The first kappa shape index (κ1) is 40.6. The normalized spacial score (nSPS) is 14.0. The van der Waals surface area contributed by atoms with E-state index in [9.17, 15) is 4.79 Å². The second-order valence-electron chi connectivity index (χ2n) is 12.8. The molecule has 0 aromatic heterocycles. The minimum absolute atomic E-state index is 0.0504. The molecule has 0 fully saturated rings. The van der Waals surface area contributed by atoms with Gasteiger partial charge in [0.2, 0.25) is 5.91 Å². The van der Waals surface area contributed by atoms with E-state index in [1.807, 2.05) is 11.4 Å². The molecule has 0 saturated carbocycles. The lowest BCUT2D eigenvalue weighted by atomic mass is 10.1. The van der Waals surface area contributed by atoms with Crippen molar-refractivity contribution in [1.29, 1.82) is 0 Å². The predicted octanol–water partition coefficient (Wildman–Crippen LogP) is 8.13. The van der Waals surface area contributed by atoms with Gasteiger partial charge in [-0.2, -0.15) is 0 Å². The smallest absolute Gasteiger partial charge is 0.316 e. The summed E-state index contributed by atoms with van der Waals surface area (Å²) in [6.07, 6.45) is 13.9. The molecule has 1 unspecified atom stereocenters. The van der Waals surface area contributed by atoms with Gasteiger partial charge in [0.25, 0.3) is 0 Å². The van der Waals surface area contributed by atoms with Gasteiger partial charge >= 0.3 is 17.1 Å². The second-order valence-corrected chi connectivity index (χ2v) is 28.0. The van der Waals surface area contributed by atoms with Crippen LogP contribution < -0.4 is 5.32 Å². The summed E-state index contributed by atoms with van der Waals surface area (Å²) in [7, 11) is -9.08. The summed E-state index contributed by atoms with van der Waals surface area (Å²) in [5, 5.41) is 2.96. The van der Waals surface area contributed by atoms with Gasteiger partial charge in [-0.3, -0.25) is 4.79 Å². The number of carbonyl (C=O) groups excluding carboxylic acids is 1. The van der Waals surface area contributed by atoms with Crippen LogP contribution in [0.1, 0.15) is 77.6 Å². The molecule has 1 atom stereocenters. The van der Waals surface area contributed by atoms with Gasteiger partial charge in [-0.05, 0) is 64.7 Å². The molecule has 0 saturated heterocycles. The Morgan fingerprint density at radius 3 is 1.73 bits per heavy atom. The van der Waals surface area contributed by atoms with E-state index < -0.39 is 33.8 Å². The maximum Gasteiger partial charge on any atom is 0.316 e. The van der Waals surface area contributed by atoms with Crippen LogP contribution in [-0.4, -0.2) is 72.6 Å². The zero-order valence-electron chi connectivity index (χ0n) is 28.0. The molecular weight excluding hydrogens is 583 g/mol. The summed E-state index contributed by atoms with van der Waals surface area (Å²) in [5.41, 5.74) is 3.88. The third-order valence-electron chi connectivity index (χ3n) is 6.81. The molecule has 1 N–H and O–H groups in total. The van der Waals surface area contributed by atoms with Crippen molar-refractivity contribution in [2.45, 2.75) is 129 Å². The van der Waals surface area contributed by atoms with Gasteiger partial charge in [-0.15, -0.1) is 13.2 Å². The Morgan fingerprint density at radius 1 is 0.659 bits per heavy atom. The van der Waals surface area contributed by atoms with Crippen LogP contribution in [0, 0.1) is 0 Å². The highest BCUT2D eigenvalue weighted by atomic mass is 28.5. The fourth-order valence-electron chi connectivity index (χ4n) is 4.70. The monoisotopic (exact) mass is 647 g/mol. The van der Waals surface area contributed by atoms with Crippen LogP contribution in [0.15, 0.2) is 24.6 Å². The van der Waals surface area contributed by atoms with Crippen molar-refractivity contribution in [3.05, 3.63) is 24.6 Å². The van der Waals surface area contributed by atoms with Crippen molar-refractivity contribution in [2.75, 3.05) is 33.0 Å². The van der Waals surface area contributed by atoms with Gasteiger partial charge in [0.1, 0.15) is 6.61 Å². The molecule has 0 aliphatic carbocycles. The fraction of sp³-hybridized carbons (Fsp3) is 0.833. The number of carbonyl (C=O) groups is 1. The molecule has 11 heteroatoms. The molecule has 0 aliphatic heterocycles. The number of nitrogens with one attached hydrogen (secondary N) is 1. The van der Waals surface area contributed by atoms with Crippen LogP contribution in [0.5, 0.6) is 0 Å². The fourth-order valence-corrected chi connectivity index (χ4v) is 21.8. The maximum atomic E-state index is 12.2. The molecule has 242 valence electrons. The first-order valence-corrected chi connectivity index (χ1v) is 27.3. The average Bonchev–Trinajstić information content (AvgIpc) is 2.87. The Hall–Kier alpha value is -0.382. The molecule has 0 aromatic rings. The molecule has 0 radical (unpaired) electrons. The molecule has 1 amide bonds. The van der Waals surface area contributed by atoms with E-state index in [0.29, 0.717) is 19.8 Å². The van der Waals surface area contributed by atoms with Crippen molar-refractivity contribution in [3.63, 3.8) is 0 Å². The highest BCUT2D eigenvalue weighted by Crippen LogP contribution is 2.28. The number of unbranched alkanes of at least 4 members (excludes halogenated alkanes) is 9. The van der Waals surface area contributed by atoms with Crippen LogP contribution in [-0.2, 0) is 26.6 Å². The van der Waals surface area contributed by atoms with E-state index in [0.717, 1.165) is 25.5 Å². The Labute approximate surface area is 257 Å². The predicted molar refractivity (Wildman–Crippen MR) is 184 cm³/mol. The van der Waals surface area contributed by atoms with E-state index >= 15 is 0 Å². The lowest BCUT2D eigenvalue weighted by molar-refractivity contribution is -0.126. The maximum absolute atomic E-state index is 12.2. The van der Waals surface area contributed by atoms with E-state index in [1.165, 1.54) is 57.8 Å². The van der Waals surface area contributed by atoms with Gasteiger partial charge in [-0.1, -0.05) is 76.1 Å². The van der Waals surface area contributed by atoms with Crippen molar-refractivity contribution in [3.8, 4) is 0 Å². The Morgan fingerprint density at radius 2 is 1.17 bits per heavy atom. The van der Waals surface area contributed by atoms with E-state index in [1.54, 1.807) is 0 Å². The summed E-state index contributed by atoms with van der Waals surface area (Å²) in [5.74, 6) is -0.109. The molecule has 0 rings (SSSR count). The summed E-state index contributed by atoms with van der Waals surface area (Å²) in [4.78, 5) is 12.2. The van der Waals surface area contributed by atoms with E-state index in [2.05, 4.69) is 71.2 Å². The van der Waals surface area contributed by atoms with E-state index in [-0.39, 0.29) is 12.5 Å². The zero-order valence-corrected chi connectivity index (χ0v) is 32.0. The van der Waals surface area contributed by atoms with Crippen LogP contribution >= 0.6 is 0 Å². The number of amides is 1. The van der Waals surface area contributed by atoms with Crippen LogP contribution in [0.2, 0.25) is 51.9 Å². The topological polar surface area (TPSA) is 75.3 Å². The molecule has 0 aromatic carbocycles. The average molecular weight is 648 g/mol. The Kier molecular flexibility index (Phi) is 22.0. The lowest BCUT2D eigenvalue weighted by Gasteiger charge is -2.41. The van der Waals surface area contributed by atoms with Crippen molar-refractivity contribution in [1.82, 2.24) is 5.32 Å². The molecule has 0 spiro atoms. The number of hydrogen-bond acceptors (Lipinski definition) is 6. The number of hydrogen-bond donors (Lipinski definition) is 1. The third-order valence-corrected chi connectivity index (χ3v) is 21.6. The van der Waals surface area contributed by atoms with Crippen molar-refractivity contribution in [2.24, 2.45) is 0 Å². The van der Waals surface area contributed by atoms with Crippen molar-refractivity contribution >= 4 is 39.7 Å². The molecule has 0 bridgehead atoms. The van der Waals surface area contributed by atoms with Gasteiger partial charge in [-0.25, -0.2) is 0 Å².